The number of halogens is 1. The van der Waals surface area contributed by atoms with E-state index in [9.17, 15) is 4.39 Å². The van der Waals surface area contributed by atoms with Gasteiger partial charge >= 0.3 is 0 Å². The highest BCUT2D eigenvalue weighted by Crippen LogP contribution is 2.45. The summed E-state index contributed by atoms with van der Waals surface area (Å²) in [6.07, 6.45) is 1.07. The fraction of sp³-hybridized carbons (Fsp3) is 0.350. The molecule has 0 bridgehead atoms. The van der Waals surface area contributed by atoms with Crippen molar-refractivity contribution in [3.8, 4) is 0 Å². The molecule has 1 saturated heterocycles. The SMILES string of the molecule is Cc1ccc2c(c1)[C@@H]1CN(C)CC[C@@H]1N2C(=S)Nc1cccc(F)c1. The molecule has 0 saturated carbocycles. The standard InChI is InChI=1S/C20H22FN3S/c1-13-6-7-18-16(10-13)17-12-23(2)9-8-19(17)24(18)20(25)22-15-5-3-4-14(21)11-15/h3-7,10-11,17,19H,8-9,12H2,1-2H3,(H,22,25)/t17-,19-/m0/s1. The number of likely N-dealkylation sites (tertiary alicyclic amines) is 1. The zero-order chi connectivity index (χ0) is 17.6. The van der Waals surface area contributed by atoms with E-state index >= 15 is 0 Å². The smallest absolute Gasteiger partial charge is 0.178 e. The molecule has 25 heavy (non-hydrogen) atoms. The molecule has 2 aromatic rings. The van der Waals surface area contributed by atoms with Crippen LogP contribution in [0.4, 0.5) is 15.8 Å². The van der Waals surface area contributed by atoms with E-state index in [0.717, 1.165) is 19.5 Å². The van der Waals surface area contributed by atoms with Crippen LogP contribution in [-0.2, 0) is 0 Å². The molecule has 0 aromatic heterocycles. The second-order valence-corrected chi connectivity index (χ2v) is 7.48. The van der Waals surface area contributed by atoms with E-state index in [0.29, 0.717) is 22.8 Å². The van der Waals surface area contributed by atoms with Gasteiger partial charge in [-0.1, -0.05) is 23.8 Å². The van der Waals surface area contributed by atoms with Gasteiger partial charge in [0, 0.05) is 29.9 Å². The molecule has 0 unspecified atom stereocenters. The van der Waals surface area contributed by atoms with Gasteiger partial charge in [-0.15, -0.1) is 0 Å². The molecule has 3 nitrogen and oxygen atoms in total. The van der Waals surface area contributed by atoms with Gasteiger partial charge in [-0.2, -0.15) is 0 Å². The number of likely N-dealkylation sites (N-methyl/N-ethyl adjacent to an activating group) is 1. The Bertz CT molecular complexity index is 822. The predicted octanol–water partition coefficient (Wildman–Crippen LogP) is 4.14. The predicted molar refractivity (Wildman–Crippen MR) is 105 cm³/mol. The number of nitrogens with one attached hydrogen (secondary N) is 1. The zero-order valence-corrected chi connectivity index (χ0v) is 15.3. The lowest BCUT2D eigenvalue weighted by molar-refractivity contribution is 0.237. The van der Waals surface area contributed by atoms with Gasteiger partial charge in [-0.05, 0) is 69.0 Å². The summed E-state index contributed by atoms with van der Waals surface area (Å²) in [5.41, 5.74) is 4.52. The molecule has 2 aliphatic rings. The number of hydrogen-bond donors (Lipinski definition) is 1. The number of hydrogen-bond acceptors (Lipinski definition) is 2. The van der Waals surface area contributed by atoms with Crippen LogP contribution in [0.1, 0.15) is 23.5 Å². The first-order valence-corrected chi connectivity index (χ1v) is 9.08. The molecule has 2 aliphatic heterocycles. The van der Waals surface area contributed by atoms with E-state index in [4.69, 9.17) is 12.2 Å². The Morgan fingerprint density at radius 3 is 2.88 bits per heavy atom. The van der Waals surface area contributed by atoms with Crippen LogP contribution < -0.4 is 10.2 Å². The summed E-state index contributed by atoms with van der Waals surface area (Å²) in [4.78, 5) is 4.63. The number of piperidine rings is 1. The molecule has 2 aromatic carbocycles. The quantitative estimate of drug-likeness (QED) is 0.775. The Kier molecular flexibility index (Phi) is 4.21. The van der Waals surface area contributed by atoms with Gasteiger partial charge in [-0.3, -0.25) is 0 Å². The first-order valence-electron chi connectivity index (χ1n) is 8.68. The van der Waals surface area contributed by atoms with E-state index in [1.54, 1.807) is 6.07 Å². The number of thiocarbonyl (C=S) groups is 1. The summed E-state index contributed by atoms with van der Waals surface area (Å²) in [6.45, 7) is 4.24. The molecule has 2 heterocycles. The van der Waals surface area contributed by atoms with Gasteiger partial charge in [0.1, 0.15) is 5.82 Å². The number of benzene rings is 2. The van der Waals surface area contributed by atoms with Crippen LogP contribution in [0, 0.1) is 12.7 Å². The highest BCUT2D eigenvalue weighted by atomic mass is 32.1. The van der Waals surface area contributed by atoms with E-state index in [-0.39, 0.29) is 5.82 Å². The summed E-state index contributed by atoms with van der Waals surface area (Å²) in [5, 5.41) is 3.87. The number of fused-ring (bicyclic) bond motifs is 3. The summed E-state index contributed by atoms with van der Waals surface area (Å²) >= 11 is 5.72. The van der Waals surface area contributed by atoms with Crippen molar-refractivity contribution in [2.45, 2.75) is 25.3 Å². The first kappa shape index (κ1) is 16.5. The molecule has 1 N–H and O–H groups in total. The minimum atomic E-state index is -0.262. The molecule has 1 fully saturated rings. The molecule has 130 valence electrons. The highest BCUT2D eigenvalue weighted by Gasteiger charge is 2.42. The van der Waals surface area contributed by atoms with Gasteiger partial charge in [0.2, 0.25) is 0 Å². The Hall–Kier alpha value is -1.98. The molecular formula is C20H22FN3S. The third kappa shape index (κ3) is 3.02. The van der Waals surface area contributed by atoms with Crippen LogP contribution in [0.3, 0.4) is 0 Å². The fourth-order valence-corrected chi connectivity index (χ4v) is 4.45. The zero-order valence-electron chi connectivity index (χ0n) is 14.5. The molecule has 2 atom stereocenters. The minimum absolute atomic E-state index is 0.262. The van der Waals surface area contributed by atoms with Crippen LogP contribution in [0.15, 0.2) is 42.5 Å². The Morgan fingerprint density at radius 1 is 1.24 bits per heavy atom. The van der Waals surface area contributed by atoms with Crippen LogP contribution in [0.5, 0.6) is 0 Å². The Labute approximate surface area is 153 Å². The van der Waals surface area contributed by atoms with Gasteiger partial charge < -0.3 is 15.1 Å². The second kappa shape index (κ2) is 6.39. The van der Waals surface area contributed by atoms with Crippen LogP contribution in [-0.4, -0.2) is 36.2 Å². The van der Waals surface area contributed by atoms with Crippen LogP contribution in [0.2, 0.25) is 0 Å². The van der Waals surface area contributed by atoms with Crippen LogP contribution in [0.25, 0.3) is 0 Å². The molecule has 0 spiro atoms. The van der Waals surface area contributed by atoms with Gasteiger partial charge in [0.05, 0.1) is 0 Å². The minimum Gasteiger partial charge on any atom is -0.332 e. The largest absolute Gasteiger partial charge is 0.332 e. The monoisotopic (exact) mass is 355 g/mol. The summed E-state index contributed by atoms with van der Waals surface area (Å²) in [6, 6.07) is 13.4. The summed E-state index contributed by atoms with van der Waals surface area (Å²) in [7, 11) is 2.18. The number of rotatable bonds is 1. The lowest BCUT2D eigenvalue weighted by Gasteiger charge is -2.37. The van der Waals surface area contributed by atoms with Crippen molar-refractivity contribution >= 4 is 28.7 Å². The lowest BCUT2D eigenvalue weighted by Crippen LogP contribution is -2.48. The van der Waals surface area contributed by atoms with Crippen molar-refractivity contribution in [1.82, 2.24) is 4.90 Å². The summed E-state index contributed by atoms with van der Waals surface area (Å²) in [5.74, 6) is 0.198. The van der Waals surface area contributed by atoms with Gasteiger partial charge in [-0.25, -0.2) is 4.39 Å². The molecular weight excluding hydrogens is 333 g/mol. The maximum absolute atomic E-state index is 13.5. The molecule has 0 amide bonds. The van der Waals surface area contributed by atoms with Gasteiger partial charge in [0.25, 0.3) is 0 Å². The van der Waals surface area contributed by atoms with Crippen molar-refractivity contribution in [2.75, 3.05) is 30.4 Å². The third-order valence-corrected chi connectivity index (χ3v) is 5.55. The number of nitrogens with zero attached hydrogens (tertiary/aromatic N) is 2. The third-order valence-electron chi connectivity index (χ3n) is 5.25. The van der Waals surface area contributed by atoms with Crippen molar-refractivity contribution in [1.29, 1.82) is 0 Å². The first-order chi connectivity index (χ1) is 12.0. The normalized spacial score (nSPS) is 22.4. The molecule has 0 radical (unpaired) electrons. The van der Waals surface area contributed by atoms with Crippen molar-refractivity contribution < 1.29 is 4.39 Å². The Morgan fingerprint density at radius 2 is 2.08 bits per heavy atom. The molecule has 4 rings (SSSR count). The maximum Gasteiger partial charge on any atom is 0.178 e. The maximum atomic E-state index is 13.5. The number of aryl methyl sites for hydroxylation is 1. The van der Waals surface area contributed by atoms with Gasteiger partial charge in [0.15, 0.2) is 5.11 Å². The fourth-order valence-electron chi connectivity index (χ4n) is 4.10. The van der Waals surface area contributed by atoms with Crippen molar-refractivity contribution in [3.05, 3.63) is 59.4 Å². The van der Waals surface area contributed by atoms with Crippen LogP contribution >= 0.6 is 12.2 Å². The Balaban J connectivity index is 1.67. The van der Waals surface area contributed by atoms with Crippen molar-refractivity contribution in [2.24, 2.45) is 0 Å². The summed E-state index contributed by atoms with van der Waals surface area (Å²) < 4.78 is 13.5. The molecule has 0 aliphatic carbocycles. The van der Waals surface area contributed by atoms with E-state index < -0.39 is 0 Å². The van der Waals surface area contributed by atoms with E-state index in [2.05, 4.69) is 47.3 Å². The molecule has 5 heteroatoms. The van der Waals surface area contributed by atoms with E-state index in [1.165, 1.54) is 28.9 Å². The van der Waals surface area contributed by atoms with Crippen molar-refractivity contribution in [3.63, 3.8) is 0 Å². The topological polar surface area (TPSA) is 18.5 Å². The second-order valence-electron chi connectivity index (χ2n) is 7.10. The average Bonchev–Trinajstić information content (AvgIpc) is 2.88. The lowest BCUT2D eigenvalue weighted by atomic mass is 9.89. The average molecular weight is 355 g/mol. The number of anilines is 2. The van der Waals surface area contributed by atoms with E-state index in [1.807, 2.05) is 6.07 Å². The highest BCUT2D eigenvalue weighted by molar-refractivity contribution is 7.80.